The van der Waals surface area contributed by atoms with E-state index in [9.17, 15) is 14.7 Å². The zero-order valence-electron chi connectivity index (χ0n) is 17.7. The number of nitrogens with one attached hydrogen (secondary N) is 1. The molecule has 158 valence electrons. The predicted molar refractivity (Wildman–Crippen MR) is 123 cm³/mol. The predicted octanol–water partition coefficient (Wildman–Crippen LogP) is 4.81. The van der Waals surface area contributed by atoms with E-state index < -0.39 is 17.7 Å². The molecule has 6 nitrogen and oxygen atoms in total. The second-order valence-corrected chi connectivity index (χ2v) is 7.96. The van der Waals surface area contributed by atoms with Crippen LogP contribution in [0.2, 0.25) is 0 Å². The minimum atomic E-state index is -0.842. The average Bonchev–Trinajstić information content (AvgIpc) is 3.35. The number of aromatic nitrogens is 2. The number of pyridine rings is 1. The number of H-pyrrole nitrogens is 1. The van der Waals surface area contributed by atoms with E-state index in [1.165, 1.54) is 4.90 Å². The van der Waals surface area contributed by atoms with Crippen molar-refractivity contribution in [3.63, 3.8) is 0 Å². The first-order valence-corrected chi connectivity index (χ1v) is 10.3. The summed E-state index contributed by atoms with van der Waals surface area (Å²) in [5, 5.41) is 12.1. The minimum absolute atomic E-state index is 0.0272. The molecule has 1 fully saturated rings. The van der Waals surface area contributed by atoms with Gasteiger partial charge in [-0.15, -0.1) is 0 Å². The van der Waals surface area contributed by atoms with Crippen LogP contribution in [-0.2, 0) is 9.59 Å². The van der Waals surface area contributed by atoms with Gasteiger partial charge in [0, 0.05) is 34.5 Å². The molecule has 1 aliphatic rings. The van der Waals surface area contributed by atoms with Crippen LogP contribution in [0.1, 0.15) is 28.4 Å². The number of fused-ring (bicyclic) bond motifs is 1. The largest absolute Gasteiger partial charge is 0.507 e. The van der Waals surface area contributed by atoms with Crippen molar-refractivity contribution in [1.82, 2.24) is 9.97 Å². The maximum absolute atomic E-state index is 13.3. The third kappa shape index (κ3) is 3.00. The van der Waals surface area contributed by atoms with Crippen molar-refractivity contribution < 1.29 is 14.7 Å². The van der Waals surface area contributed by atoms with Crippen LogP contribution in [0.4, 0.5) is 5.69 Å². The van der Waals surface area contributed by atoms with Crippen molar-refractivity contribution >= 4 is 34.0 Å². The Kier molecular flexibility index (Phi) is 4.63. The molecule has 1 saturated heterocycles. The Balaban J connectivity index is 1.78. The van der Waals surface area contributed by atoms with Crippen molar-refractivity contribution in [2.45, 2.75) is 19.9 Å². The zero-order chi connectivity index (χ0) is 22.4. The van der Waals surface area contributed by atoms with E-state index in [0.29, 0.717) is 16.9 Å². The number of amides is 1. The molecule has 5 rings (SSSR count). The maximum atomic E-state index is 13.3. The molecule has 0 radical (unpaired) electrons. The summed E-state index contributed by atoms with van der Waals surface area (Å²) in [6, 6.07) is 17.7. The monoisotopic (exact) mass is 423 g/mol. The van der Waals surface area contributed by atoms with Crippen LogP contribution in [0.15, 0.2) is 78.6 Å². The SMILES string of the molecule is Cc1ccc(C)c(N2C(=O)C(=O)/C(=C(\O)c3c[nH]c4ccccc34)C2c2ccccn2)c1. The lowest BCUT2D eigenvalue weighted by Crippen LogP contribution is -2.30. The number of ketones is 1. The topological polar surface area (TPSA) is 86.3 Å². The molecule has 1 aliphatic heterocycles. The van der Waals surface area contributed by atoms with E-state index in [0.717, 1.165) is 22.0 Å². The first-order chi connectivity index (χ1) is 15.5. The van der Waals surface area contributed by atoms with Crippen molar-refractivity contribution in [3.05, 3.63) is 101 Å². The molecular weight excluding hydrogens is 402 g/mol. The number of carbonyl (C=O) groups is 2. The fraction of sp³-hybridized carbons (Fsp3) is 0.115. The van der Waals surface area contributed by atoms with Gasteiger partial charge in [-0.2, -0.15) is 0 Å². The Labute approximate surface area is 184 Å². The number of aliphatic hydroxyl groups excluding tert-OH is 1. The van der Waals surface area contributed by atoms with Gasteiger partial charge in [0.2, 0.25) is 0 Å². The second-order valence-electron chi connectivity index (χ2n) is 7.96. The first-order valence-electron chi connectivity index (χ1n) is 10.3. The van der Waals surface area contributed by atoms with E-state index in [-0.39, 0.29) is 11.3 Å². The summed E-state index contributed by atoms with van der Waals surface area (Å²) in [5.74, 6) is -1.63. The molecule has 3 heterocycles. The number of aryl methyl sites for hydroxylation is 2. The van der Waals surface area contributed by atoms with E-state index >= 15 is 0 Å². The Hall–Kier alpha value is -4.19. The van der Waals surface area contributed by atoms with Crippen LogP contribution in [0.25, 0.3) is 16.7 Å². The number of rotatable bonds is 3. The van der Waals surface area contributed by atoms with Gasteiger partial charge in [0.05, 0.1) is 11.3 Å². The third-order valence-corrected chi connectivity index (χ3v) is 5.88. The summed E-state index contributed by atoms with van der Waals surface area (Å²) in [6.45, 7) is 3.82. The molecule has 2 N–H and O–H groups in total. The number of carbonyl (C=O) groups excluding carboxylic acids is 2. The normalized spacial score (nSPS) is 17.9. The van der Waals surface area contributed by atoms with Crippen LogP contribution in [-0.4, -0.2) is 26.8 Å². The fourth-order valence-electron chi connectivity index (χ4n) is 4.29. The van der Waals surface area contributed by atoms with Crippen molar-refractivity contribution in [3.8, 4) is 0 Å². The van der Waals surface area contributed by atoms with E-state index in [1.54, 1.807) is 30.6 Å². The molecule has 1 atom stereocenters. The van der Waals surface area contributed by atoms with Crippen molar-refractivity contribution in [1.29, 1.82) is 0 Å². The zero-order valence-corrected chi connectivity index (χ0v) is 17.7. The highest BCUT2D eigenvalue weighted by molar-refractivity contribution is 6.52. The van der Waals surface area contributed by atoms with Gasteiger partial charge in [-0.3, -0.25) is 19.5 Å². The highest BCUT2D eigenvalue weighted by Crippen LogP contribution is 2.43. The fourth-order valence-corrected chi connectivity index (χ4v) is 4.29. The van der Waals surface area contributed by atoms with E-state index in [1.807, 2.05) is 56.3 Å². The lowest BCUT2D eigenvalue weighted by Gasteiger charge is -2.26. The third-order valence-electron chi connectivity index (χ3n) is 5.88. The maximum Gasteiger partial charge on any atom is 0.300 e. The number of aliphatic hydroxyl groups is 1. The van der Waals surface area contributed by atoms with Crippen LogP contribution in [0.5, 0.6) is 0 Å². The van der Waals surface area contributed by atoms with Gasteiger partial charge in [0.25, 0.3) is 11.7 Å². The van der Waals surface area contributed by atoms with Gasteiger partial charge in [-0.1, -0.05) is 36.4 Å². The van der Waals surface area contributed by atoms with Gasteiger partial charge in [-0.25, -0.2) is 0 Å². The minimum Gasteiger partial charge on any atom is -0.507 e. The Morgan fingerprint density at radius 3 is 2.59 bits per heavy atom. The summed E-state index contributed by atoms with van der Waals surface area (Å²) in [5.41, 5.74) is 4.27. The molecule has 1 unspecified atom stereocenters. The highest BCUT2D eigenvalue weighted by atomic mass is 16.3. The molecule has 32 heavy (non-hydrogen) atoms. The lowest BCUT2D eigenvalue weighted by molar-refractivity contribution is -0.132. The van der Waals surface area contributed by atoms with Gasteiger partial charge < -0.3 is 10.1 Å². The van der Waals surface area contributed by atoms with Crippen LogP contribution >= 0.6 is 0 Å². The number of Topliss-reactive ketones (excluding diaryl/α,β-unsaturated/α-hetero) is 1. The van der Waals surface area contributed by atoms with Gasteiger partial charge in [-0.05, 0) is 49.2 Å². The Bertz CT molecular complexity index is 1400. The number of hydrogen-bond acceptors (Lipinski definition) is 4. The number of para-hydroxylation sites is 1. The molecule has 0 bridgehead atoms. The molecule has 1 amide bonds. The smallest absolute Gasteiger partial charge is 0.300 e. The number of nitrogens with zero attached hydrogens (tertiary/aromatic N) is 2. The molecule has 0 aliphatic carbocycles. The van der Waals surface area contributed by atoms with E-state index in [4.69, 9.17) is 0 Å². The standard InChI is InChI=1S/C26H21N3O3/c1-15-10-11-16(2)21(13-15)29-23(20-9-5-6-12-27-20)22(25(31)26(29)32)24(30)18-14-28-19-8-4-3-7-17(18)19/h3-14,23,28,30H,1-2H3/b24-22-. The number of aromatic amines is 1. The summed E-state index contributed by atoms with van der Waals surface area (Å²) in [6.07, 6.45) is 3.27. The van der Waals surface area contributed by atoms with Crippen molar-refractivity contribution in [2.24, 2.45) is 0 Å². The number of hydrogen-bond donors (Lipinski definition) is 2. The van der Waals surface area contributed by atoms with Gasteiger partial charge in [0.1, 0.15) is 11.8 Å². The first kappa shape index (κ1) is 19.8. The van der Waals surface area contributed by atoms with Crippen LogP contribution in [0, 0.1) is 13.8 Å². The molecule has 2 aromatic carbocycles. The summed E-state index contributed by atoms with van der Waals surface area (Å²) in [4.78, 5) is 35.6. The van der Waals surface area contributed by atoms with E-state index in [2.05, 4.69) is 9.97 Å². The molecular formula is C26H21N3O3. The quantitative estimate of drug-likeness (QED) is 0.281. The second kappa shape index (κ2) is 7.50. The van der Waals surface area contributed by atoms with Crippen LogP contribution in [0.3, 0.4) is 0 Å². The molecule has 6 heteroatoms. The summed E-state index contributed by atoms with van der Waals surface area (Å²) < 4.78 is 0. The molecule has 2 aromatic heterocycles. The Morgan fingerprint density at radius 2 is 1.81 bits per heavy atom. The molecule has 0 saturated carbocycles. The number of benzene rings is 2. The van der Waals surface area contributed by atoms with Crippen molar-refractivity contribution in [2.75, 3.05) is 4.90 Å². The lowest BCUT2D eigenvalue weighted by atomic mass is 9.97. The Morgan fingerprint density at radius 1 is 1.03 bits per heavy atom. The molecule has 4 aromatic rings. The summed E-state index contributed by atoms with van der Waals surface area (Å²) >= 11 is 0. The van der Waals surface area contributed by atoms with Crippen LogP contribution < -0.4 is 4.90 Å². The highest BCUT2D eigenvalue weighted by Gasteiger charge is 2.48. The molecule has 0 spiro atoms. The number of anilines is 1. The van der Waals surface area contributed by atoms with Gasteiger partial charge in [0.15, 0.2) is 0 Å². The van der Waals surface area contributed by atoms with Gasteiger partial charge >= 0.3 is 0 Å². The summed E-state index contributed by atoms with van der Waals surface area (Å²) in [7, 11) is 0. The average molecular weight is 423 g/mol.